The number of halogens is 1. The van der Waals surface area contributed by atoms with Gasteiger partial charge in [0.1, 0.15) is 11.5 Å². The van der Waals surface area contributed by atoms with Gasteiger partial charge in [-0.25, -0.2) is 0 Å². The molecule has 1 unspecified atom stereocenters. The second-order valence-electron chi connectivity index (χ2n) is 8.99. The highest BCUT2D eigenvalue weighted by molar-refractivity contribution is 6.46. The first-order valence-electron chi connectivity index (χ1n) is 12.4. The fraction of sp³-hybridized carbons (Fsp3) is 0.429. The smallest absolute Gasteiger partial charge is 0.295 e. The van der Waals surface area contributed by atoms with Crippen LogP contribution in [0.5, 0.6) is 5.75 Å². The van der Waals surface area contributed by atoms with Gasteiger partial charge in [-0.3, -0.25) is 9.59 Å². The number of hydrogen-bond donors (Lipinski definition) is 2. The van der Waals surface area contributed by atoms with Crippen molar-refractivity contribution in [1.29, 1.82) is 0 Å². The largest absolute Gasteiger partial charge is 0.508 e. The van der Waals surface area contributed by atoms with Gasteiger partial charge in [-0.15, -0.1) is 0 Å². The van der Waals surface area contributed by atoms with E-state index in [1.807, 2.05) is 0 Å². The van der Waals surface area contributed by atoms with Crippen molar-refractivity contribution in [2.24, 2.45) is 0 Å². The number of amides is 1. The molecule has 0 aliphatic carbocycles. The van der Waals surface area contributed by atoms with Crippen LogP contribution in [0, 0.1) is 0 Å². The Morgan fingerprint density at radius 2 is 1.49 bits per heavy atom. The molecule has 0 aromatic heterocycles. The molecule has 2 N–H and O–H groups in total. The van der Waals surface area contributed by atoms with Gasteiger partial charge in [-0.2, -0.15) is 0 Å². The van der Waals surface area contributed by atoms with Crippen LogP contribution in [-0.4, -0.2) is 57.9 Å². The van der Waals surface area contributed by atoms with Crippen molar-refractivity contribution in [3.63, 3.8) is 0 Å². The second kappa shape index (κ2) is 12.8. The number of aliphatic hydroxyl groups excluding tert-OH is 1. The number of phenols is 1. The Balaban J connectivity index is 1.90. The summed E-state index contributed by atoms with van der Waals surface area (Å²) < 4.78 is 0. The molecule has 1 amide bonds. The molecule has 2 aromatic carbocycles. The zero-order valence-corrected chi connectivity index (χ0v) is 21.3. The number of aliphatic hydroxyl groups is 1. The van der Waals surface area contributed by atoms with Crippen molar-refractivity contribution in [3.8, 4) is 5.75 Å². The van der Waals surface area contributed by atoms with E-state index in [0.717, 1.165) is 51.7 Å². The van der Waals surface area contributed by atoms with Gasteiger partial charge >= 0.3 is 0 Å². The van der Waals surface area contributed by atoms with Crippen LogP contribution in [0.15, 0.2) is 54.1 Å². The Hall–Kier alpha value is -2.83. The van der Waals surface area contributed by atoms with Crippen molar-refractivity contribution < 1.29 is 19.8 Å². The maximum absolute atomic E-state index is 13.1. The quantitative estimate of drug-likeness (QED) is 0.221. The van der Waals surface area contributed by atoms with Crippen LogP contribution in [0.3, 0.4) is 0 Å². The predicted octanol–water partition coefficient (Wildman–Crippen LogP) is 5.76. The molecule has 1 atom stereocenters. The summed E-state index contributed by atoms with van der Waals surface area (Å²) in [5.74, 6) is -1.46. The molecule has 0 radical (unpaired) electrons. The number of Topliss-reactive ketones (excluding diaryl/α,β-unsaturated/α-hetero) is 1. The number of unbranched alkanes of at least 4 members (excludes halogenated alkanes) is 2. The van der Waals surface area contributed by atoms with E-state index in [0.29, 0.717) is 22.7 Å². The first kappa shape index (κ1) is 26.8. The first-order chi connectivity index (χ1) is 16.9. The molecule has 1 saturated heterocycles. The molecule has 7 heteroatoms. The second-order valence-corrected chi connectivity index (χ2v) is 9.43. The Bertz CT molecular complexity index is 1030. The SMILES string of the molecule is CCCCN(CCCC)CCCN1C(=O)C(=O)C(=C(O)c2ccc(Cl)cc2)C1c1ccc(O)cc1. The van der Waals surface area contributed by atoms with Crippen molar-refractivity contribution in [3.05, 3.63) is 70.3 Å². The van der Waals surface area contributed by atoms with Gasteiger partial charge < -0.3 is 20.0 Å². The number of carbonyl (C=O) groups excluding carboxylic acids is 2. The monoisotopic (exact) mass is 498 g/mol. The fourth-order valence-corrected chi connectivity index (χ4v) is 4.57. The summed E-state index contributed by atoms with van der Waals surface area (Å²) in [4.78, 5) is 30.2. The van der Waals surface area contributed by atoms with E-state index in [-0.39, 0.29) is 17.1 Å². The van der Waals surface area contributed by atoms with Gasteiger partial charge in [-0.05, 0) is 80.9 Å². The standard InChI is InChI=1S/C28H35ClN2O4/c1-3-5-16-30(17-6-4-2)18-7-19-31-25(20-10-14-23(32)15-11-20)24(27(34)28(31)35)26(33)21-8-12-22(29)13-9-21/h8-15,25,32-33H,3-7,16-19H2,1-2H3. The highest BCUT2D eigenvalue weighted by atomic mass is 35.5. The summed E-state index contributed by atoms with van der Waals surface area (Å²) >= 11 is 5.98. The zero-order chi connectivity index (χ0) is 25.4. The maximum atomic E-state index is 13.1. The van der Waals surface area contributed by atoms with Gasteiger partial charge in [0.25, 0.3) is 11.7 Å². The van der Waals surface area contributed by atoms with Gasteiger partial charge in [-0.1, -0.05) is 50.4 Å². The third kappa shape index (κ3) is 6.65. The van der Waals surface area contributed by atoms with E-state index in [1.165, 1.54) is 12.1 Å². The molecule has 1 heterocycles. The Morgan fingerprint density at radius 3 is 2.06 bits per heavy atom. The summed E-state index contributed by atoms with van der Waals surface area (Å²) in [7, 11) is 0. The molecule has 0 spiro atoms. The van der Waals surface area contributed by atoms with Crippen LogP contribution in [0.2, 0.25) is 5.02 Å². The Labute approximate surface area is 212 Å². The number of likely N-dealkylation sites (tertiary alicyclic amines) is 1. The Kier molecular flexibility index (Phi) is 9.75. The third-order valence-electron chi connectivity index (χ3n) is 6.40. The predicted molar refractivity (Wildman–Crippen MR) is 139 cm³/mol. The first-order valence-corrected chi connectivity index (χ1v) is 12.8. The number of phenolic OH excluding ortho intramolecular Hbond substituents is 1. The van der Waals surface area contributed by atoms with Crippen molar-refractivity contribution >= 4 is 29.1 Å². The van der Waals surface area contributed by atoms with Gasteiger partial charge in [0.15, 0.2) is 0 Å². The molecule has 1 fully saturated rings. The van der Waals surface area contributed by atoms with E-state index in [9.17, 15) is 19.8 Å². The molecule has 1 aliphatic rings. The number of hydrogen-bond acceptors (Lipinski definition) is 5. The lowest BCUT2D eigenvalue weighted by atomic mass is 9.95. The summed E-state index contributed by atoms with van der Waals surface area (Å²) in [6, 6.07) is 12.2. The van der Waals surface area contributed by atoms with E-state index in [1.54, 1.807) is 41.3 Å². The average Bonchev–Trinajstić information content (AvgIpc) is 3.10. The molecule has 3 rings (SSSR count). The average molecular weight is 499 g/mol. The molecule has 6 nitrogen and oxygen atoms in total. The maximum Gasteiger partial charge on any atom is 0.295 e. The van der Waals surface area contributed by atoms with Crippen LogP contribution in [-0.2, 0) is 9.59 Å². The summed E-state index contributed by atoms with van der Waals surface area (Å²) in [5, 5.41) is 21.4. The number of rotatable bonds is 12. The summed E-state index contributed by atoms with van der Waals surface area (Å²) in [6.45, 7) is 7.62. The molecule has 35 heavy (non-hydrogen) atoms. The van der Waals surface area contributed by atoms with Gasteiger partial charge in [0.2, 0.25) is 0 Å². The Morgan fingerprint density at radius 1 is 0.914 bits per heavy atom. The number of nitrogens with zero attached hydrogens (tertiary/aromatic N) is 2. The minimum atomic E-state index is -0.731. The van der Waals surface area contributed by atoms with Crippen molar-refractivity contribution in [2.45, 2.75) is 52.0 Å². The number of carbonyl (C=O) groups is 2. The molecular weight excluding hydrogens is 464 g/mol. The molecule has 2 aromatic rings. The molecule has 0 saturated carbocycles. The van der Waals surface area contributed by atoms with Crippen LogP contribution in [0.1, 0.15) is 63.1 Å². The number of ketones is 1. The van der Waals surface area contributed by atoms with E-state index >= 15 is 0 Å². The molecule has 188 valence electrons. The summed E-state index contributed by atoms with van der Waals surface area (Å²) in [6.07, 6.45) is 5.23. The lowest BCUT2D eigenvalue weighted by molar-refractivity contribution is -0.140. The molecular formula is C28H35ClN2O4. The van der Waals surface area contributed by atoms with E-state index in [2.05, 4.69) is 18.7 Å². The lowest BCUT2D eigenvalue weighted by Gasteiger charge is -2.27. The van der Waals surface area contributed by atoms with E-state index < -0.39 is 17.7 Å². The van der Waals surface area contributed by atoms with Crippen molar-refractivity contribution in [2.75, 3.05) is 26.2 Å². The minimum Gasteiger partial charge on any atom is -0.508 e. The zero-order valence-electron chi connectivity index (χ0n) is 20.5. The van der Waals surface area contributed by atoms with Crippen LogP contribution < -0.4 is 0 Å². The number of benzene rings is 2. The normalized spacial score (nSPS) is 17.5. The molecule has 1 aliphatic heterocycles. The van der Waals surface area contributed by atoms with E-state index in [4.69, 9.17) is 11.6 Å². The lowest BCUT2D eigenvalue weighted by Crippen LogP contribution is -2.34. The van der Waals surface area contributed by atoms with Gasteiger partial charge in [0.05, 0.1) is 11.6 Å². The fourth-order valence-electron chi connectivity index (χ4n) is 4.44. The van der Waals surface area contributed by atoms with Crippen LogP contribution in [0.25, 0.3) is 5.76 Å². The number of aromatic hydroxyl groups is 1. The van der Waals surface area contributed by atoms with Crippen LogP contribution in [0.4, 0.5) is 0 Å². The minimum absolute atomic E-state index is 0.0526. The topological polar surface area (TPSA) is 81.1 Å². The summed E-state index contributed by atoms with van der Waals surface area (Å²) in [5.41, 5.74) is 1.13. The molecule has 0 bridgehead atoms. The highest BCUT2D eigenvalue weighted by Crippen LogP contribution is 2.40. The third-order valence-corrected chi connectivity index (χ3v) is 6.65. The van der Waals surface area contributed by atoms with Gasteiger partial charge in [0, 0.05) is 17.1 Å². The van der Waals surface area contributed by atoms with Crippen LogP contribution >= 0.6 is 11.6 Å². The van der Waals surface area contributed by atoms with Crippen molar-refractivity contribution in [1.82, 2.24) is 9.80 Å². The highest BCUT2D eigenvalue weighted by Gasteiger charge is 2.45.